The second-order valence-electron chi connectivity index (χ2n) is 7.23. The van der Waals surface area contributed by atoms with Crippen LogP contribution in [0.2, 0.25) is 0 Å². The SMILES string of the molecule is O=C(NC1CCCCC1)[C@@H](c1ccccc1)N1CCc2ccccc21. The van der Waals surface area contributed by atoms with Crippen LogP contribution in [-0.2, 0) is 11.2 Å². The first-order chi connectivity index (χ1) is 12.3. The van der Waals surface area contributed by atoms with Crippen LogP contribution in [0, 0.1) is 0 Å². The van der Waals surface area contributed by atoms with Gasteiger partial charge in [0, 0.05) is 18.3 Å². The highest BCUT2D eigenvalue weighted by molar-refractivity contribution is 5.87. The fourth-order valence-corrected chi connectivity index (χ4v) is 4.27. The zero-order valence-corrected chi connectivity index (χ0v) is 14.7. The number of hydrogen-bond donors (Lipinski definition) is 1. The van der Waals surface area contributed by atoms with Crippen molar-refractivity contribution in [3.05, 3.63) is 65.7 Å². The van der Waals surface area contributed by atoms with Gasteiger partial charge in [0.1, 0.15) is 6.04 Å². The van der Waals surface area contributed by atoms with Gasteiger partial charge in [-0.25, -0.2) is 0 Å². The lowest BCUT2D eigenvalue weighted by molar-refractivity contribution is -0.123. The zero-order valence-electron chi connectivity index (χ0n) is 14.7. The Morgan fingerprint density at radius 2 is 1.68 bits per heavy atom. The quantitative estimate of drug-likeness (QED) is 0.907. The van der Waals surface area contributed by atoms with Crippen LogP contribution < -0.4 is 10.2 Å². The lowest BCUT2D eigenvalue weighted by Crippen LogP contribution is -2.44. The molecule has 1 amide bonds. The predicted molar refractivity (Wildman–Crippen MR) is 102 cm³/mol. The number of anilines is 1. The molecule has 1 N–H and O–H groups in total. The van der Waals surface area contributed by atoms with Crippen LogP contribution in [0.15, 0.2) is 54.6 Å². The lowest BCUT2D eigenvalue weighted by atomic mass is 9.94. The van der Waals surface area contributed by atoms with Gasteiger partial charge < -0.3 is 10.2 Å². The van der Waals surface area contributed by atoms with Gasteiger partial charge in [-0.3, -0.25) is 4.79 Å². The van der Waals surface area contributed by atoms with Crippen LogP contribution in [0.1, 0.15) is 49.3 Å². The number of hydrogen-bond acceptors (Lipinski definition) is 2. The van der Waals surface area contributed by atoms with Crippen LogP contribution in [-0.4, -0.2) is 18.5 Å². The van der Waals surface area contributed by atoms with Crippen molar-refractivity contribution in [1.29, 1.82) is 0 Å². The third-order valence-electron chi connectivity index (χ3n) is 5.55. The first-order valence-corrected chi connectivity index (χ1v) is 9.53. The Labute approximate surface area is 150 Å². The molecule has 1 heterocycles. The molecule has 2 aromatic carbocycles. The monoisotopic (exact) mass is 334 g/mol. The molecule has 2 aromatic rings. The Kier molecular flexibility index (Phi) is 4.73. The van der Waals surface area contributed by atoms with E-state index in [9.17, 15) is 4.79 Å². The Morgan fingerprint density at radius 1 is 0.960 bits per heavy atom. The smallest absolute Gasteiger partial charge is 0.247 e. The largest absolute Gasteiger partial charge is 0.355 e. The standard InChI is InChI=1S/C22H26N2O/c25-22(23-19-12-5-2-6-13-19)21(18-10-3-1-4-11-18)24-16-15-17-9-7-8-14-20(17)24/h1,3-4,7-11,14,19,21H,2,5-6,12-13,15-16H2,(H,23,25)/t21-/m1/s1. The van der Waals surface area contributed by atoms with Crippen molar-refractivity contribution in [3.8, 4) is 0 Å². The maximum absolute atomic E-state index is 13.3. The lowest BCUT2D eigenvalue weighted by Gasteiger charge is -2.32. The summed E-state index contributed by atoms with van der Waals surface area (Å²) in [6.07, 6.45) is 7.00. The Hall–Kier alpha value is -2.29. The van der Waals surface area contributed by atoms with Crippen molar-refractivity contribution in [2.75, 3.05) is 11.4 Å². The molecule has 0 aromatic heterocycles. The van der Waals surface area contributed by atoms with Crippen LogP contribution in [0.25, 0.3) is 0 Å². The maximum Gasteiger partial charge on any atom is 0.247 e. The molecule has 1 atom stereocenters. The molecule has 0 bridgehead atoms. The Balaban J connectivity index is 1.62. The molecular weight excluding hydrogens is 308 g/mol. The molecule has 1 saturated carbocycles. The van der Waals surface area contributed by atoms with Crippen LogP contribution in [0.3, 0.4) is 0 Å². The predicted octanol–water partition coefficient (Wildman–Crippen LogP) is 4.24. The highest BCUT2D eigenvalue weighted by atomic mass is 16.2. The van der Waals surface area contributed by atoms with Crippen molar-refractivity contribution in [1.82, 2.24) is 5.32 Å². The van der Waals surface area contributed by atoms with Crippen LogP contribution >= 0.6 is 0 Å². The fourth-order valence-electron chi connectivity index (χ4n) is 4.27. The summed E-state index contributed by atoms with van der Waals surface area (Å²) >= 11 is 0. The van der Waals surface area contributed by atoms with E-state index in [1.165, 1.54) is 30.5 Å². The Bertz CT molecular complexity index is 722. The van der Waals surface area contributed by atoms with E-state index in [2.05, 4.69) is 46.6 Å². The average Bonchev–Trinajstić information content (AvgIpc) is 3.08. The summed E-state index contributed by atoms with van der Waals surface area (Å²) in [5.74, 6) is 0.148. The fraction of sp³-hybridized carbons (Fsp3) is 0.409. The molecule has 3 heteroatoms. The topological polar surface area (TPSA) is 32.3 Å². The third kappa shape index (κ3) is 3.41. The van der Waals surface area contributed by atoms with Gasteiger partial charge >= 0.3 is 0 Å². The molecule has 4 rings (SSSR count). The molecule has 0 spiro atoms. The number of para-hydroxylation sites is 1. The number of nitrogens with one attached hydrogen (secondary N) is 1. The van der Waals surface area contributed by atoms with Crippen molar-refractivity contribution in [2.45, 2.75) is 50.6 Å². The van der Waals surface area contributed by atoms with Gasteiger partial charge in [0.15, 0.2) is 0 Å². The molecule has 3 nitrogen and oxygen atoms in total. The summed E-state index contributed by atoms with van der Waals surface area (Å²) in [7, 11) is 0. The van der Waals surface area contributed by atoms with E-state index in [0.717, 1.165) is 31.4 Å². The van der Waals surface area contributed by atoms with Crippen molar-refractivity contribution < 1.29 is 4.79 Å². The highest BCUT2D eigenvalue weighted by Crippen LogP contribution is 2.35. The van der Waals surface area contributed by atoms with E-state index in [4.69, 9.17) is 0 Å². The van der Waals surface area contributed by atoms with E-state index in [1.807, 2.05) is 18.2 Å². The summed E-state index contributed by atoms with van der Waals surface area (Å²) in [6.45, 7) is 0.900. The van der Waals surface area contributed by atoms with E-state index in [1.54, 1.807) is 0 Å². The second kappa shape index (κ2) is 7.30. The van der Waals surface area contributed by atoms with E-state index < -0.39 is 0 Å². The molecule has 0 saturated heterocycles. The van der Waals surface area contributed by atoms with E-state index >= 15 is 0 Å². The summed E-state index contributed by atoms with van der Waals surface area (Å²) in [4.78, 5) is 15.5. The number of carbonyl (C=O) groups excluding carboxylic acids is 1. The minimum absolute atomic E-state index is 0.148. The minimum Gasteiger partial charge on any atom is -0.355 e. The van der Waals surface area contributed by atoms with Crippen molar-refractivity contribution >= 4 is 11.6 Å². The number of carbonyl (C=O) groups is 1. The average molecular weight is 334 g/mol. The van der Waals surface area contributed by atoms with Gasteiger partial charge in [-0.05, 0) is 36.5 Å². The number of fused-ring (bicyclic) bond motifs is 1. The molecule has 0 radical (unpaired) electrons. The molecule has 1 aliphatic heterocycles. The molecule has 1 fully saturated rings. The van der Waals surface area contributed by atoms with Gasteiger partial charge in [0.2, 0.25) is 5.91 Å². The first kappa shape index (κ1) is 16.2. The molecule has 0 unspecified atom stereocenters. The zero-order chi connectivity index (χ0) is 17.1. The Morgan fingerprint density at radius 3 is 2.48 bits per heavy atom. The van der Waals surface area contributed by atoms with Gasteiger partial charge in [-0.1, -0.05) is 67.8 Å². The number of amides is 1. The first-order valence-electron chi connectivity index (χ1n) is 9.53. The summed E-state index contributed by atoms with van der Waals surface area (Å²) in [5, 5.41) is 3.34. The normalized spacial score (nSPS) is 18.6. The van der Waals surface area contributed by atoms with Crippen molar-refractivity contribution in [2.24, 2.45) is 0 Å². The molecular formula is C22H26N2O. The van der Waals surface area contributed by atoms with Crippen molar-refractivity contribution in [3.63, 3.8) is 0 Å². The van der Waals surface area contributed by atoms with Gasteiger partial charge in [-0.15, -0.1) is 0 Å². The molecule has 130 valence electrons. The van der Waals surface area contributed by atoms with Gasteiger partial charge in [0.05, 0.1) is 0 Å². The molecule has 2 aliphatic rings. The van der Waals surface area contributed by atoms with Crippen LogP contribution in [0.4, 0.5) is 5.69 Å². The second-order valence-corrected chi connectivity index (χ2v) is 7.23. The summed E-state index contributed by atoms with van der Waals surface area (Å²) in [6, 6.07) is 18.8. The third-order valence-corrected chi connectivity index (χ3v) is 5.55. The number of benzene rings is 2. The minimum atomic E-state index is -0.244. The maximum atomic E-state index is 13.3. The summed E-state index contributed by atoms with van der Waals surface area (Å²) in [5.41, 5.74) is 3.62. The van der Waals surface area contributed by atoms with E-state index in [0.29, 0.717) is 6.04 Å². The summed E-state index contributed by atoms with van der Waals surface area (Å²) < 4.78 is 0. The van der Waals surface area contributed by atoms with Gasteiger partial charge in [0.25, 0.3) is 0 Å². The highest BCUT2D eigenvalue weighted by Gasteiger charge is 2.33. The molecule has 25 heavy (non-hydrogen) atoms. The van der Waals surface area contributed by atoms with Gasteiger partial charge in [-0.2, -0.15) is 0 Å². The van der Waals surface area contributed by atoms with Crippen LogP contribution in [0.5, 0.6) is 0 Å². The number of nitrogens with zero attached hydrogens (tertiary/aromatic N) is 1. The molecule has 1 aliphatic carbocycles. The van der Waals surface area contributed by atoms with E-state index in [-0.39, 0.29) is 11.9 Å². The number of rotatable bonds is 4.